The van der Waals surface area contributed by atoms with Crippen LogP contribution in [0, 0.1) is 25.2 Å². The van der Waals surface area contributed by atoms with Crippen molar-refractivity contribution in [3.05, 3.63) is 161 Å². The van der Waals surface area contributed by atoms with E-state index in [9.17, 15) is 14.9 Å². The Morgan fingerprint density at radius 2 is 1.74 bits per heavy atom. The molecule has 8 nitrogen and oxygen atoms in total. The van der Waals surface area contributed by atoms with E-state index in [0.717, 1.165) is 55.7 Å². The van der Waals surface area contributed by atoms with Crippen LogP contribution in [-0.4, -0.2) is 28.8 Å². The first-order valence-corrected chi connectivity index (χ1v) is 18.5. The van der Waals surface area contributed by atoms with Crippen LogP contribution < -0.4 is 19.6 Å². The molecule has 3 heterocycles. The van der Waals surface area contributed by atoms with Gasteiger partial charge in [0.1, 0.15) is 5.75 Å². The SMILES string of the molecule is CCOC(=O)C1=C(c2ccccc2)N=c2sc(=Cc3c(C)n(Cc4ccccc4C#N)c4ccccc34)c(=O)n2[C@@H]1c1cc(C(C)C)c(OC)cc1C. The molecule has 0 fully saturated rings. The highest BCUT2D eigenvalue weighted by molar-refractivity contribution is 7.07. The second kappa shape index (κ2) is 14.6. The third kappa shape index (κ3) is 6.30. The Morgan fingerprint density at radius 3 is 2.45 bits per heavy atom. The molecule has 1 aliphatic heterocycles. The molecule has 9 heteroatoms. The molecule has 0 aliphatic carbocycles. The van der Waals surface area contributed by atoms with Crippen molar-refractivity contribution in [2.75, 3.05) is 13.7 Å². The third-order valence-electron chi connectivity index (χ3n) is 9.93. The number of para-hydroxylation sites is 1. The number of nitrogens with zero attached hydrogens (tertiary/aromatic N) is 4. The molecule has 0 saturated heterocycles. The standard InChI is InChI=1S/C44H40N4O4S/c1-7-52-43(50)39-40(29-15-9-8-10-16-29)46-44-48(41(39)34-22-33(26(2)3)37(51-6)21-27(34)4)42(49)38(53-44)23-35-28(5)47(36-20-14-13-19-32(35)36)25-31-18-12-11-17-30(31)24-45/h8-23,26,41H,7,25H2,1-6H3/t41-/m1/s1. The Morgan fingerprint density at radius 1 is 1.02 bits per heavy atom. The normalized spacial score (nSPS) is 14.3. The maximum absolute atomic E-state index is 14.9. The topological polar surface area (TPSA) is 98.6 Å². The average molecular weight is 721 g/mol. The van der Waals surface area contributed by atoms with Crippen LogP contribution in [0.25, 0.3) is 22.7 Å². The van der Waals surface area contributed by atoms with Crippen LogP contribution in [0.2, 0.25) is 0 Å². The lowest BCUT2D eigenvalue weighted by atomic mass is 9.87. The molecule has 2 aromatic heterocycles. The summed E-state index contributed by atoms with van der Waals surface area (Å²) in [6.07, 6.45) is 1.95. The fourth-order valence-electron chi connectivity index (χ4n) is 7.29. The molecule has 0 unspecified atom stereocenters. The summed E-state index contributed by atoms with van der Waals surface area (Å²) in [4.78, 5) is 34.6. The molecule has 0 amide bonds. The molecule has 0 spiro atoms. The van der Waals surface area contributed by atoms with Crippen molar-refractivity contribution in [1.82, 2.24) is 9.13 Å². The minimum absolute atomic E-state index is 0.115. The molecule has 0 N–H and O–H groups in total. The van der Waals surface area contributed by atoms with Crippen molar-refractivity contribution in [2.45, 2.75) is 53.1 Å². The van der Waals surface area contributed by atoms with Gasteiger partial charge < -0.3 is 14.0 Å². The van der Waals surface area contributed by atoms with Crippen LogP contribution >= 0.6 is 11.3 Å². The van der Waals surface area contributed by atoms with Gasteiger partial charge in [-0.15, -0.1) is 0 Å². The van der Waals surface area contributed by atoms with Crippen molar-refractivity contribution in [3.63, 3.8) is 0 Å². The lowest BCUT2D eigenvalue weighted by Gasteiger charge is -2.28. The van der Waals surface area contributed by atoms with E-state index in [2.05, 4.69) is 42.7 Å². The number of carbonyl (C=O) groups excluding carboxylic acids is 1. The van der Waals surface area contributed by atoms with E-state index in [4.69, 9.17) is 14.5 Å². The molecule has 1 atom stereocenters. The summed E-state index contributed by atoms with van der Waals surface area (Å²) in [5.41, 5.74) is 8.36. The summed E-state index contributed by atoms with van der Waals surface area (Å²) >= 11 is 1.31. The van der Waals surface area contributed by atoms with Gasteiger partial charge in [0.25, 0.3) is 5.56 Å². The largest absolute Gasteiger partial charge is 0.496 e. The zero-order valence-electron chi connectivity index (χ0n) is 30.6. The van der Waals surface area contributed by atoms with E-state index in [1.54, 1.807) is 18.6 Å². The number of ether oxygens (including phenoxy) is 2. The number of nitriles is 1. The van der Waals surface area contributed by atoms with Gasteiger partial charge in [0.15, 0.2) is 4.80 Å². The van der Waals surface area contributed by atoms with Crippen molar-refractivity contribution in [2.24, 2.45) is 4.99 Å². The maximum atomic E-state index is 14.9. The van der Waals surface area contributed by atoms with Crippen LogP contribution in [0.1, 0.15) is 77.4 Å². The van der Waals surface area contributed by atoms with Crippen LogP contribution in [0.15, 0.2) is 106 Å². The number of aryl methyl sites for hydroxylation is 1. The molecule has 266 valence electrons. The highest BCUT2D eigenvalue weighted by Crippen LogP contribution is 2.40. The van der Waals surface area contributed by atoms with Gasteiger partial charge in [0.2, 0.25) is 0 Å². The van der Waals surface area contributed by atoms with Crippen molar-refractivity contribution < 1.29 is 14.3 Å². The number of esters is 1. The molecule has 1 aliphatic rings. The average Bonchev–Trinajstić information content (AvgIpc) is 3.62. The van der Waals surface area contributed by atoms with Gasteiger partial charge in [-0.05, 0) is 79.3 Å². The number of fused-ring (bicyclic) bond motifs is 2. The Labute approximate surface area is 312 Å². The van der Waals surface area contributed by atoms with Crippen LogP contribution in [0.5, 0.6) is 5.75 Å². The van der Waals surface area contributed by atoms with Gasteiger partial charge in [0, 0.05) is 34.3 Å². The van der Waals surface area contributed by atoms with Gasteiger partial charge in [-0.25, -0.2) is 9.79 Å². The van der Waals surface area contributed by atoms with Crippen molar-refractivity contribution in [1.29, 1.82) is 5.26 Å². The fourth-order valence-corrected chi connectivity index (χ4v) is 8.27. The molecular weight excluding hydrogens is 681 g/mol. The second-order valence-corrected chi connectivity index (χ2v) is 14.4. The quantitative estimate of drug-likeness (QED) is 0.144. The van der Waals surface area contributed by atoms with E-state index in [0.29, 0.717) is 32.7 Å². The van der Waals surface area contributed by atoms with Crippen molar-refractivity contribution >= 4 is 40.0 Å². The summed E-state index contributed by atoms with van der Waals surface area (Å²) in [6, 6.07) is 30.9. The van der Waals surface area contributed by atoms with E-state index < -0.39 is 12.0 Å². The first-order chi connectivity index (χ1) is 25.7. The van der Waals surface area contributed by atoms with Crippen LogP contribution in [0.3, 0.4) is 0 Å². The third-order valence-corrected chi connectivity index (χ3v) is 10.9. The smallest absolute Gasteiger partial charge is 0.338 e. The van der Waals surface area contributed by atoms with E-state index in [1.807, 2.05) is 92.7 Å². The predicted molar refractivity (Wildman–Crippen MR) is 210 cm³/mol. The number of methoxy groups -OCH3 is 1. The van der Waals surface area contributed by atoms with Gasteiger partial charge in [-0.1, -0.05) is 91.9 Å². The van der Waals surface area contributed by atoms with Gasteiger partial charge in [0.05, 0.1) is 47.2 Å². The van der Waals surface area contributed by atoms with Gasteiger partial charge in [-0.3, -0.25) is 9.36 Å². The molecule has 6 aromatic rings. The molecule has 4 aromatic carbocycles. The number of rotatable bonds is 9. The Bertz CT molecular complexity index is 2660. The molecular formula is C44H40N4O4S. The molecule has 53 heavy (non-hydrogen) atoms. The molecule has 7 rings (SSSR count). The molecule has 0 radical (unpaired) electrons. The highest BCUT2D eigenvalue weighted by atomic mass is 32.1. The highest BCUT2D eigenvalue weighted by Gasteiger charge is 2.36. The fraction of sp³-hybridized carbons (Fsp3) is 0.227. The Hall–Kier alpha value is -5.98. The lowest BCUT2D eigenvalue weighted by Crippen LogP contribution is -2.40. The first-order valence-electron chi connectivity index (χ1n) is 17.7. The van der Waals surface area contributed by atoms with E-state index >= 15 is 0 Å². The summed E-state index contributed by atoms with van der Waals surface area (Å²) in [7, 11) is 1.65. The van der Waals surface area contributed by atoms with Crippen molar-refractivity contribution in [3.8, 4) is 11.8 Å². The summed E-state index contributed by atoms with van der Waals surface area (Å²) in [5.74, 6) is 0.347. The Balaban J connectivity index is 1.52. The van der Waals surface area contributed by atoms with Crippen LogP contribution in [-0.2, 0) is 16.1 Å². The number of aromatic nitrogens is 2. The number of hydrogen-bond acceptors (Lipinski definition) is 7. The minimum Gasteiger partial charge on any atom is -0.496 e. The van der Waals surface area contributed by atoms with E-state index in [-0.39, 0.29) is 18.1 Å². The van der Waals surface area contributed by atoms with Gasteiger partial charge >= 0.3 is 5.97 Å². The van der Waals surface area contributed by atoms with Crippen LogP contribution in [0.4, 0.5) is 0 Å². The molecule has 0 bridgehead atoms. The number of benzene rings is 4. The zero-order valence-corrected chi connectivity index (χ0v) is 31.5. The number of thiazole rings is 1. The lowest BCUT2D eigenvalue weighted by molar-refractivity contribution is -0.138. The molecule has 0 saturated carbocycles. The second-order valence-electron chi connectivity index (χ2n) is 13.4. The summed E-state index contributed by atoms with van der Waals surface area (Å²) in [5, 5.41) is 10.8. The number of hydrogen-bond donors (Lipinski definition) is 0. The Kier molecular flexibility index (Phi) is 9.74. The summed E-state index contributed by atoms with van der Waals surface area (Å²) < 4.78 is 15.8. The predicted octanol–water partition coefficient (Wildman–Crippen LogP) is 7.56. The zero-order chi connectivity index (χ0) is 37.4. The maximum Gasteiger partial charge on any atom is 0.338 e. The first kappa shape index (κ1) is 35.4. The number of carbonyl (C=O) groups is 1. The minimum atomic E-state index is -0.809. The monoisotopic (exact) mass is 720 g/mol. The van der Waals surface area contributed by atoms with Gasteiger partial charge in [-0.2, -0.15) is 5.26 Å². The van der Waals surface area contributed by atoms with E-state index in [1.165, 1.54) is 11.3 Å². The summed E-state index contributed by atoms with van der Waals surface area (Å²) in [6.45, 7) is 10.7.